The average molecular weight is 222 g/mol. The van der Waals surface area contributed by atoms with Gasteiger partial charge in [0.05, 0.1) is 25.9 Å². The largest absolute Gasteiger partial charge is 0.501 e. The third-order valence-corrected chi connectivity index (χ3v) is 4.01. The van der Waals surface area contributed by atoms with E-state index in [9.17, 15) is 4.79 Å². The predicted octanol–water partition coefficient (Wildman–Crippen LogP) is 2.29. The van der Waals surface area contributed by atoms with Gasteiger partial charge in [0, 0.05) is 11.3 Å². The van der Waals surface area contributed by atoms with Crippen LogP contribution in [-0.4, -0.2) is 20.2 Å². The van der Waals surface area contributed by atoms with Crippen molar-refractivity contribution < 1.29 is 14.3 Å². The Labute approximate surface area is 96.1 Å². The smallest absolute Gasteiger partial charge is 0.309 e. The van der Waals surface area contributed by atoms with Crippen molar-refractivity contribution in [3.63, 3.8) is 0 Å². The van der Waals surface area contributed by atoms with Crippen molar-refractivity contribution in [2.24, 2.45) is 17.3 Å². The highest BCUT2D eigenvalue weighted by molar-refractivity contribution is 5.75. The Morgan fingerprint density at radius 1 is 1.62 bits per heavy atom. The summed E-state index contributed by atoms with van der Waals surface area (Å²) < 4.78 is 10.3. The number of esters is 1. The minimum atomic E-state index is -0.257. The fourth-order valence-corrected chi connectivity index (χ4v) is 3.02. The van der Waals surface area contributed by atoms with Gasteiger partial charge in [0.2, 0.25) is 0 Å². The summed E-state index contributed by atoms with van der Waals surface area (Å²) in [6, 6.07) is 0. The highest BCUT2D eigenvalue weighted by Gasteiger charge is 2.50. The summed E-state index contributed by atoms with van der Waals surface area (Å²) in [6.07, 6.45) is 6.80. The van der Waals surface area contributed by atoms with Crippen LogP contribution < -0.4 is 0 Å². The van der Waals surface area contributed by atoms with E-state index in [0.717, 1.165) is 25.0 Å². The number of methoxy groups -OCH3 is 2. The molecule has 3 rings (SSSR count). The van der Waals surface area contributed by atoms with Gasteiger partial charge in [0.25, 0.3) is 0 Å². The van der Waals surface area contributed by atoms with Crippen LogP contribution in [-0.2, 0) is 14.3 Å². The van der Waals surface area contributed by atoms with Crippen LogP contribution in [0.2, 0.25) is 0 Å². The number of carbonyl (C=O) groups excluding carboxylic acids is 1. The SMILES string of the molecule is C=CC12C=C(OC)C(CC1)CC2C(=O)OC. The van der Waals surface area contributed by atoms with Crippen molar-refractivity contribution in [1.82, 2.24) is 0 Å². The summed E-state index contributed by atoms with van der Waals surface area (Å²) in [4.78, 5) is 11.8. The van der Waals surface area contributed by atoms with Gasteiger partial charge in [-0.05, 0) is 25.3 Å². The monoisotopic (exact) mass is 222 g/mol. The lowest BCUT2D eigenvalue weighted by Crippen LogP contribution is -2.43. The molecule has 3 unspecified atom stereocenters. The fourth-order valence-electron chi connectivity index (χ4n) is 3.02. The van der Waals surface area contributed by atoms with Gasteiger partial charge in [0.15, 0.2) is 0 Å². The van der Waals surface area contributed by atoms with Crippen molar-refractivity contribution in [2.45, 2.75) is 19.3 Å². The molecule has 3 aliphatic rings. The Balaban J connectivity index is 2.37. The van der Waals surface area contributed by atoms with Crippen LogP contribution in [0.4, 0.5) is 0 Å². The zero-order valence-electron chi connectivity index (χ0n) is 9.86. The molecule has 3 atom stereocenters. The first-order valence-electron chi connectivity index (χ1n) is 5.65. The fraction of sp³-hybridized carbons (Fsp3) is 0.615. The summed E-state index contributed by atoms with van der Waals surface area (Å²) in [7, 11) is 3.14. The Morgan fingerprint density at radius 3 is 2.94 bits per heavy atom. The van der Waals surface area contributed by atoms with Gasteiger partial charge in [-0.2, -0.15) is 0 Å². The predicted molar refractivity (Wildman–Crippen MR) is 60.6 cm³/mol. The molecular weight excluding hydrogens is 204 g/mol. The summed E-state index contributed by atoms with van der Waals surface area (Å²) in [5, 5.41) is 0. The number of hydrogen-bond donors (Lipinski definition) is 0. The van der Waals surface area contributed by atoms with Crippen molar-refractivity contribution in [1.29, 1.82) is 0 Å². The van der Waals surface area contributed by atoms with Crippen LogP contribution in [0, 0.1) is 17.3 Å². The first-order chi connectivity index (χ1) is 7.66. The molecule has 3 heteroatoms. The van der Waals surface area contributed by atoms with E-state index in [4.69, 9.17) is 9.47 Å². The van der Waals surface area contributed by atoms with Gasteiger partial charge < -0.3 is 9.47 Å². The van der Waals surface area contributed by atoms with Crippen LogP contribution in [0.25, 0.3) is 0 Å². The number of allylic oxidation sites excluding steroid dienone is 3. The lowest BCUT2D eigenvalue weighted by molar-refractivity contribution is -0.151. The molecule has 0 aromatic carbocycles. The topological polar surface area (TPSA) is 35.5 Å². The van der Waals surface area contributed by atoms with Crippen LogP contribution in [0.5, 0.6) is 0 Å². The van der Waals surface area contributed by atoms with Gasteiger partial charge in [-0.25, -0.2) is 0 Å². The lowest BCUT2D eigenvalue weighted by Gasteiger charge is -2.46. The summed E-state index contributed by atoms with van der Waals surface area (Å²) >= 11 is 0. The van der Waals surface area contributed by atoms with Gasteiger partial charge in [-0.15, -0.1) is 6.58 Å². The minimum Gasteiger partial charge on any atom is -0.501 e. The van der Waals surface area contributed by atoms with E-state index in [-0.39, 0.29) is 17.3 Å². The molecule has 0 amide bonds. The molecule has 0 aromatic rings. The van der Waals surface area contributed by atoms with Crippen LogP contribution >= 0.6 is 0 Å². The normalized spacial score (nSPS) is 36.5. The maximum atomic E-state index is 11.8. The Morgan fingerprint density at radius 2 is 2.38 bits per heavy atom. The molecular formula is C13H18O3. The molecule has 1 saturated carbocycles. The summed E-state index contributed by atoms with van der Waals surface area (Å²) in [6.45, 7) is 3.88. The van der Waals surface area contributed by atoms with Gasteiger partial charge >= 0.3 is 5.97 Å². The molecule has 0 saturated heterocycles. The van der Waals surface area contributed by atoms with Crippen molar-refractivity contribution in [3.8, 4) is 0 Å². The number of carbonyl (C=O) groups is 1. The molecule has 16 heavy (non-hydrogen) atoms. The van der Waals surface area contributed by atoms with Gasteiger partial charge in [-0.3, -0.25) is 4.79 Å². The molecule has 0 aromatic heterocycles. The third-order valence-electron chi connectivity index (χ3n) is 4.01. The van der Waals surface area contributed by atoms with E-state index in [1.165, 1.54) is 7.11 Å². The van der Waals surface area contributed by atoms with Gasteiger partial charge in [-0.1, -0.05) is 6.08 Å². The van der Waals surface area contributed by atoms with Crippen LogP contribution in [0.3, 0.4) is 0 Å². The first kappa shape index (κ1) is 11.2. The highest BCUT2D eigenvalue weighted by Crippen LogP contribution is 2.53. The second-order valence-corrected chi connectivity index (χ2v) is 4.61. The van der Waals surface area contributed by atoms with Crippen LogP contribution in [0.1, 0.15) is 19.3 Å². The Kier molecular flexibility index (Phi) is 2.78. The third kappa shape index (κ3) is 1.46. The average Bonchev–Trinajstić information content (AvgIpc) is 2.37. The second-order valence-electron chi connectivity index (χ2n) is 4.61. The van der Waals surface area contributed by atoms with E-state index < -0.39 is 0 Å². The molecule has 2 bridgehead atoms. The maximum Gasteiger partial charge on any atom is 0.309 e. The molecule has 1 fully saturated rings. The minimum absolute atomic E-state index is 0.0901. The van der Waals surface area contributed by atoms with Crippen molar-refractivity contribution in [3.05, 3.63) is 24.5 Å². The number of hydrogen-bond acceptors (Lipinski definition) is 3. The van der Waals surface area contributed by atoms with E-state index in [2.05, 4.69) is 12.7 Å². The van der Waals surface area contributed by atoms with Crippen molar-refractivity contribution in [2.75, 3.05) is 14.2 Å². The summed E-state index contributed by atoms with van der Waals surface area (Å²) in [5.74, 6) is 1.16. The molecule has 0 aliphatic heterocycles. The molecule has 0 spiro atoms. The van der Waals surface area contributed by atoms with E-state index in [1.54, 1.807) is 7.11 Å². The quantitative estimate of drug-likeness (QED) is 0.543. The van der Waals surface area contributed by atoms with Crippen molar-refractivity contribution >= 4 is 5.97 Å². The molecule has 88 valence electrons. The van der Waals surface area contributed by atoms with E-state index >= 15 is 0 Å². The van der Waals surface area contributed by atoms with E-state index in [1.807, 2.05) is 6.08 Å². The zero-order valence-corrected chi connectivity index (χ0v) is 9.86. The molecule has 0 N–H and O–H groups in total. The highest BCUT2D eigenvalue weighted by atomic mass is 16.5. The lowest BCUT2D eigenvalue weighted by atomic mass is 9.58. The van der Waals surface area contributed by atoms with Gasteiger partial charge in [0.1, 0.15) is 0 Å². The number of fused-ring (bicyclic) bond motifs is 2. The molecule has 3 aliphatic carbocycles. The van der Waals surface area contributed by atoms with Crippen LogP contribution in [0.15, 0.2) is 24.5 Å². The zero-order chi connectivity index (χ0) is 11.8. The Bertz CT molecular complexity index is 345. The first-order valence-corrected chi connectivity index (χ1v) is 5.65. The standard InChI is InChI=1S/C13H18O3/c1-4-13-6-5-9(11(8-13)15-2)7-10(13)12(14)16-3/h4,8-10H,1,5-7H2,2-3H3. The van der Waals surface area contributed by atoms with E-state index in [0.29, 0.717) is 5.92 Å². The summed E-state index contributed by atoms with van der Waals surface area (Å²) in [5.41, 5.74) is -0.257. The molecule has 0 heterocycles. The number of ether oxygens (including phenoxy) is 2. The molecule has 3 nitrogen and oxygen atoms in total. The maximum absolute atomic E-state index is 11.8. The number of rotatable bonds is 3. The Hall–Kier alpha value is -1.25. The molecule has 0 radical (unpaired) electrons. The second kappa shape index (κ2) is 3.96.